The Labute approximate surface area is 149 Å². The number of benzene rings is 2. The number of hydrogen-bond acceptors (Lipinski definition) is 2. The van der Waals surface area contributed by atoms with Gasteiger partial charge in [0.15, 0.2) is 0 Å². The fraction of sp³-hybridized carbons (Fsp3) is 0.188. The molecule has 0 saturated carbocycles. The van der Waals surface area contributed by atoms with Crippen molar-refractivity contribution in [2.45, 2.75) is 13.1 Å². The lowest BCUT2D eigenvalue weighted by Gasteiger charge is -2.19. The van der Waals surface area contributed by atoms with Gasteiger partial charge in [0.1, 0.15) is 11.6 Å². The third kappa shape index (κ3) is 4.16. The van der Waals surface area contributed by atoms with Crippen LogP contribution in [0.5, 0.6) is 5.75 Å². The highest BCUT2D eigenvalue weighted by atomic mass is 127. The molecule has 0 fully saturated rings. The van der Waals surface area contributed by atoms with Gasteiger partial charge >= 0.3 is 12.3 Å². The molecule has 0 aliphatic carbocycles. The summed E-state index contributed by atoms with van der Waals surface area (Å²) in [4.78, 5) is 13.3. The number of ether oxygens (including phenoxy) is 1. The summed E-state index contributed by atoms with van der Waals surface area (Å²) in [6, 6.07) is 6.98. The molecule has 0 heterocycles. The number of carbonyl (C=O) groups excluding carboxylic acids is 1. The van der Waals surface area contributed by atoms with E-state index in [9.17, 15) is 22.4 Å². The van der Waals surface area contributed by atoms with E-state index in [1.807, 2.05) is 0 Å². The van der Waals surface area contributed by atoms with E-state index in [0.29, 0.717) is 5.69 Å². The van der Waals surface area contributed by atoms with E-state index >= 15 is 0 Å². The lowest BCUT2D eigenvalue weighted by Crippen LogP contribution is -2.30. The van der Waals surface area contributed by atoms with Crippen molar-refractivity contribution in [1.82, 2.24) is 0 Å². The van der Waals surface area contributed by atoms with Crippen LogP contribution in [0.15, 0.2) is 36.4 Å². The van der Waals surface area contributed by atoms with Gasteiger partial charge in [0.05, 0.1) is 9.13 Å². The summed E-state index contributed by atoms with van der Waals surface area (Å²) < 4.78 is 56.6. The molecule has 0 bridgehead atoms. The summed E-state index contributed by atoms with van der Waals surface area (Å²) in [6.07, 6.45) is -5.26. The minimum atomic E-state index is -4.47. The van der Waals surface area contributed by atoms with Crippen LogP contribution in [0.2, 0.25) is 0 Å². The first-order chi connectivity index (χ1) is 11.1. The topological polar surface area (TPSA) is 29.5 Å². The number of aryl methyl sites for hydroxylation is 1. The second-order valence-electron chi connectivity index (χ2n) is 5.01. The Morgan fingerprint density at radius 2 is 1.75 bits per heavy atom. The maximum atomic E-state index is 12.9. The van der Waals surface area contributed by atoms with Crippen molar-refractivity contribution in [3.63, 3.8) is 0 Å². The van der Waals surface area contributed by atoms with Gasteiger partial charge in [0.2, 0.25) is 0 Å². The Morgan fingerprint density at radius 1 is 1.17 bits per heavy atom. The van der Waals surface area contributed by atoms with Crippen molar-refractivity contribution in [3.05, 3.63) is 56.9 Å². The molecule has 1 amide bonds. The van der Waals surface area contributed by atoms with Crippen molar-refractivity contribution in [1.29, 1.82) is 0 Å². The standard InChI is InChI=1S/C16H12F4INO2/c1-9-7-10(16(18,19)20)8-13(21)14(9)24-15(23)22(2)12-5-3-11(17)4-6-12/h3-8H,1-2H3. The highest BCUT2D eigenvalue weighted by molar-refractivity contribution is 14.1. The monoisotopic (exact) mass is 453 g/mol. The van der Waals surface area contributed by atoms with Gasteiger partial charge in [-0.1, -0.05) is 0 Å². The Kier molecular flexibility index (Phi) is 5.36. The second-order valence-corrected chi connectivity index (χ2v) is 6.17. The summed E-state index contributed by atoms with van der Waals surface area (Å²) in [7, 11) is 1.42. The van der Waals surface area contributed by atoms with Gasteiger partial charge in [-0.2, -0.15) is 13.2 Å². The molecule has 0 aliphatic heterocycles. The summed E-state index contributed by atoms with van der Waals surface area (Å²) >= 11 is 1.68. The lowest BCUT2D eigenvalue weighted by molar-refractivity contribution is -0.137. The maximum absolute atomic E-state index is 12.9. The highest BCUT2D eigenvalue weighted by Gasteiger charge is 2.32. The van der Waals surface area contributed by atoms with Crippen molar-refractivity contribution in [2.24, 2.45) is 0 Å². The third-order valence-electron chi connectivity index (χ3n) is 3.23. The third-order valence-corrected chi connectivity index (χ3v) is 4.04. The van der Waals surface area contributed by atoms with Gasteiger partial charge < -0.3 is 4.74 Å². The quantitative estimate of drug-likeness (QED) is 0.451. The molecule has 2 rings (SSSR count). The zero-order valence-corrected chi connectivity index (χ0v) is 14.8. The number of hydrogen-bond donors (Lipinski definition) is 0. The Hall–Kier alpha value is -1.84. The van der Waals surface area contributed by atoms with Crippen LogP contribution in [-0.2, 0) is 6.18 Å². The molecule has 0 radical (unpaired) electrons. The molecule has 0 aliphatic rings. The predicted molar refractivity (Wildman–Crippen MR) is 89.7 cm³/mol. The van der Waals surface area contributed by atoms with Crippen LogP contribution in [0.4, 0.5) is 28.0 Å². The average Bonchev–Trinajstić information content (AvgIpc) is 2.49. The van der Waals surface area contributed by atoms with E-state index < -0.39 is 23.7 Å². The summed E-state index contributed by atoms with van der Waals surface area (Å²) in [5.41, 5.74) is -0.229. The highest BCUT2D eigenvalue weighted by Crippen LogP contribution is 2.35. The van der Waals surface area contributed by atoms with Gasteiger partial charge in [-0.25, -0.2) is 9.18 Å². The van der Waals surface area contributed by atoms with E-state index in [2.05, 4.69) is 0 Å². The first-order valence-corrected chi connectivity index (χ1v) is 7.76. The normalized spacial score (nSPS) is 11.3. The zero-order valence-electron chi connectivity index (χ0n) is 12.6. The minimum Gasteiger partial charge on any atom is -0.409 e. The van der Waals surface area contributed by atoms with Crippen molar-refractivity contribution >= 4 is 34.4 Å². The van der Waals surface area contributed by atoms with E-state index in [4.69, 9.17) is 4.74 Å². The summed E-state index contributed by atoms with van der Waals surface area (Å²) in [6.45, 7) is 1.43. The van der Waals surface area contributed by atoms with Gasteiger partial charge in [0.25, 0.3) is 0 Å². The van der Waals surface area contributed by atoms with Crippen LogP contribution < -0.4 is 9.64 Å². The van der Waals surface area contributed by atoms with Crippen molar-refractivity contribution in [3.8, 4) is 5.75 Å². The Morgan fingerprint density at radius 3 is 2.25 bits per heavy atom. The van der Waals surface area contributed by atoms with Crippen LogP contribution >= 0.6 is 22.6 Å². The van der Waals surface area contributed by atoms with Crippen LogP contribution in [0.3, 0.4) is 0 Å². The minimum absolute atomic E-state index is 0.0579. The molecule has 128 valence electrons. The number of carbonyl (C=O) groups is 1. The average molecular weight is 453 g/mol. The smallest absolute Gasteiger partial charge is 0.409 e. The number of anilines is 1. The number of halogens is 5. The molecular weight excluding hydrogens is 441 g/mol. The molecule has 0 atom stereocenters. The predicted octanol–water partition coefficient (Wildman–Crippen LogP) is 5.39. The van der Waals surface area contributed by atoms with E-state index in [0.717, 1.165) is 17.0 Å². The molecule has 0 spiro atoms. The molecule has 3 nitrogen and oxygen atoms in total. The largest absolute Gasteiger partial charge is 0.419 e. The maximum Gasteiger partial charge on any atom is 0.419 e. The summed E-state index contributed by atoms with van der Waals surface area (Å²) in [5.74, 6) is -0.392. The zero-order chi connectivity index (χ0) is 18.1. The molecule has 0 saturated heterocycles. The molecule has 24 heavy (non-hydrogen) atoms. The van der Waals surface area contributed by atoms with Crippen LogP contribution in [0.25, 0.3) is 0 Å². The molecule has 2 aromatic rings. The number of alkyl halides is 3. The Balaban J connectivity index is 2.24. The molecular formula is C16H12F4INO2. The fourth-order valence-corrected chi connectivity index (χ4v) is 2.82. The van der Waals surface area contributed by atoms with E-state index in [-0.39, 0.29) is 14.9 Å². The molecule has 8 heteroatoms. The number of amides is 1. The molecule has 0 aromatic heterocycles. The van der Waals surface area contributed by atoms with Crippen molar-refractivity contribution in [2.75, 3.05) is 11.9 Å². The lowest BCUT2D eigenvalue weighted by atomic mass is 10.1. The van der Waals surface area contributed by atoms with Gasteiger partial charge in [0, 0.05) is 12.7 Å². The first-order valence-electron chi connectivity index (χ1n) is 6.68. The molecule has 2 aromatic carbocycles. The van der Waals surface area contributed by atoms with E-state index in [1.165, 1.54) is 38.2 Å². The van der Waals surface area contributed by atoms with Crippen molar-refractivity contribution < 1.29 is 27.1 Å². The SMILES string of the molecule is Cc1cc(C(F)(F)F)cc(I)c1OC(=O)N(C)c1ccc(F)cc1. The number of nitrogens with zero attached hydrogens (tertiary/aromatic N) is 1. The van der Waals surface area contributed by atoms with Gasteiger partial charge in [-0.05, 0) is 71.5 Å². The van der Waals surface area contributed by atoms with E-state index in [1.54, 1.807) is 22.6 Å². The second kappa shape index (κ2) is 6.96. The first kappa shape index (κ1) is 18.5. The fourth-order valence-electron chi connectivity index (χ4n) is 1.95. The number of rotatable bonds is 2. The van der Waals surface area contributed by atoms with Crippen LogP contribution in [0, 0.1) is 16.3 Å². The molecule has 0 unspecified atom stereocenters. The van der Waals surface area contributed by atoms with Crippen LogP contribution in [-0.4, -0.2) is 13.1 Å². The van der Waals surface area contributed by atoms with Crippen LogP contribution in [0.1, 0.15) is 11.1 Å². The van der Waals surface area contributed by atoms with Gasteiger partial charge in [-0.3, -0.25) is 4.90 Å². The Bertz CT molecular complexity index is 737. The molecule has 0 N–H and O–H groups in total. The van der Waals surface area contributed by atoms with Gasteiger partial charge in [-0.15, -0.1) is 0 Å². The summed E-state index contributed by atoms with van der Waals surface area (Å²) in [5, 5.41) is 0.